The molecule has 1 N–H and O–H groups in total. The first-order chi connectivity index (χ1) is 10.0. The van der Waals surface area contributed by atoms with Crippen molar-refractivity contribution >= 4 is 43.2 Å². The average Bonchev–Trinajstić information content (AvgIpc) is 2.84. The van der Waals surface area contributed by atoms with E-state index in [0.717, 1.165) is 11.8 Å². The SMILES string of the molecule is Fc1cc(F)c(NCc2cnc3cnc(Br)cn23)cc1Br. The highest BCUT2D eigenvalue weighted by Gasteiger charge is 2.09. The molecule has 0 aliphatic carbocycles. The standard InChI is InChI=1S/C13H8Br2F2N4/c14-8-1-11(10(17)2-9(8)16)18-3-7-4-20-13-5-19-12(15)6-21(7)13/h1-2,4-6,18H,3H2. The number of hydrogen-bond donors (Lipinski definition) is 1. The molecule has 0 amide bonds. The number of anilines is 1. The van der Waals surface area contributed by atoms with Crippen LogP contribution in [0.2, 0.25) is 0 Å². The molecular weight excluding hydrogens is 410 g/mol. The van der Waals surface area contributed by atoms with E-state index in [-0.39, 0.29) is 10.2 Å². The number of halogens is 4. The van der Waals surface area contributed by atoms with Gasteiger partial charge in [0.1, 0.15) is 16.2 Å². The van der Waals surface area contributed by atoms with Crippen molar-refractivity contribution in [3.05, 3.63) is 57.1 Å². The molecule has 2 heterocycles. The van der Waals surface area contributed by atoms with Gasteiger partial charge in [-0.3, -0.25) is 4.40 Å². The Hall–Kier alpha value is -1.54. The van der Waals surface area contributed by atoms with Crippen LogP contribution in [0.1, 0.15) is 5.69 Å². The minimum atomic E-state index is -0.646. The fourth-order valence-corrected chi connectivity index (χ4v) is 2.54. The van der Waals surface area contributed by atoms with Crippen LogP contribution in [0, 0.1) is 11.6 Å². The molecule has 0 atom stereocenters. The molecule has 0 spiro atoms. The summed E-state index contributed by atoms with van der Waals surface area (Å²) in [4.78, 5) is 8.28. The summed E-state index contributed by atoms with van der Waals surface area (Å²) in [7, 11) is 0. The highest BCUT2D eigenvalue weighted by molar-refractivity contribution is 9.10. The van der Waals surface area contributed by atoms with Gasteiger partial charge in [-0.05, 0) is 37.9 Å². The lowest BCUT2D eigenvalue weighted by Crippen LogP contribution is -2.05. The highest BCUT2D eigenvalue weighted by atomic mass is 79.9. The zero-order valence-corrected chi connectivity index (χ0v) is 13.6. The topological polar surface area (TPSA) is 42.2 Å². The van der Waals surface area contributed by atoms with Crippen LogP contribution >= 0.6 is 31.9 Å². The molecule has 0 bridgehead atoms. The van der Waals surface area contributed by atoms with Gasteiger partial charge in [-0.25, -0.2) is 18.7 Å². The Labute approximate surface area is 135 Å². The molecule has 1 aromatic carbocycles. The number of aromatic nitrogens is 3. The first kappa shape index (κ1) is 14.4. The zero-order valence-electron chi connectivity index (χ0n) is 10.4. The molecule has 0 aliphatic rings. The Balaban J connectivity index is 1.87. The van der Waals surface area contributed by atoms with Gasteiger partial charge in [0.25, 0.3) is 0 Å². The molecule has 0 unspecified atom stereocenters. The van der Waals surface area contributed by atoms with Crippen LogP contribution < -0.4 is 5.32 Å². The van der Waals surface area contributed by atoms with Crippen LogP contribution in [0.15, 0.2) is 39.8 Å². The molecule has 108 valence electrons. The van der Waals surface area contributed by atoms with Gasteiger partial charge in [-0.15, -0.1) is 0 Å². The van der Waals surface area contributed by atoms with Crippen molar-refractivity contribution < 1.29 is 8.78 Å². The van der Waals surface area contributed by atoms with Crippen molar-refractivity contribution in [1.29, 1.82) is 0 Å². The second kappa shape index (κ2) is 5.69. The third-order valence-electron chi connectivity index (χ3n) is 2.91. The van der Waals surface area contributed by atoms with Crippen LogP contribution in [0.5, 0.6) is 0 Å². The Morgan fingerprint density at radius 2 is 1.90 bits per heavy atom. The molecule has 0 aliphatic heterocycles. The van der Waals surface area contributed by atoms with Crippen LogP contribution in [0.4, 0.5) is 14.5 Å². The van der Waals surface area contributed by atoms with E-state index in [0.29, 0.717) is 16.8 Å². The van der Waals surface area contributed by atoms with Gasteiger partial charge >= 0.3 is 0 Å². The van der Waals surface area contributed by atoms with Gasteiger partial charge in [-0.1, -0.05) is 0 Å². The smallest absolute Gasteiger partial charge is 0.155 e. The van der Waals surface area contributed by atoms with Crippen LogP contribution in [-0.4, -0.2) is 14.4 Å². The van der Waals surface area contributed by atoms with E-state index in [2.05, 4.69) is 47.1 Å². The van der Waals surface area contributed by atoms with Crippen molar-refractivity contribution in [2.75, 3.05) is 5.32 Å². The molecule has 0 radical (unpaired) electrons. The second-order valence-electron chi connectivity index (χ2n) is 4.29. The molecule has 8 heteroatoms. The van der Waals surface area contributed by atoms with E-state index in [1.807, 2.05) is 4.40 Å². The Kier molecular flexibility index (Phi) is 3.90. The Bertz CT molecular complexity index is 819. The van der Waals surface area contributed by atoms with E-state index in [1.54, 1.807) is 18.6 Å². The first-order valence-electron chi connectivity index (χ1n) is 5.90. The van der Waals surface area contributed by atoms with Gasteiger partial charge < -0.3 is 5.32 Å². The lowest BCUT2D eigenvalue weighted by Gasteiger charge is -2.08. The molecule has 4 nitrogen and oxygen atoms in total. The van der Waals surface area contributed by atoms with Gasteiger partial charge in [0.2, 0.25) is 0 Å². The maximum Gasteiger partial charge on any atom is 0.155 e. The van der Waals surface area contributed by atoms with Crippen molar-refractivity contribution in [2.24, 2.45) is 0 Å². The summed E-state index contributed by atoms with van der Waals surface area (Å²) in [6.07, 6.45) is 5.08. The molecule has 3 rings (SSSR count). The van der Waals surface area contributed by atoms with Gasteiger partial charge in [0.05, 0.1) is 34.8 Å². The summed E-state index contributed by atoms with van der Waals surface area (Å²) in [5, 5.41) is 2.93. The Morgan fingerprint density at radius 3 is 2.71 bits per heavy atom. The molecule has 21 heavy (non-hydrogen) atoms. The minimum Gasteiger partial charge on any atom is -0.377 e. The van der Waals surface area contributed by atoms with Crippen molar-refractivity contribution in [3.8, 4) is 0 Å². The number of imidazole rings is 1. The van der Waals surface area contributed by atoms with Gasteiger partial charge in [0.15, 0.2) is 5.65 Å². The lowest BCUT2D eigenvalue weighted by atomic mass is 10.3. The van der Waals surface area contributed by atoms with Crippen LogP contribution in [0.3, 0.4) is 0 Å². The molecule has 3 aromatic rings. The lowest BCUT2D eigenvalue weighted by molar-refractivity contribution is 0.580. The summed E-state index contributed by atoms with van der Waals surface area (Å²) in [5.41, 5.74) is 1.73. The van der Waals surface area contributed by atoms with Crippen molar-refractivity contribution in [3.63, 3.8) is 0 Å². The third kappa shape index (κ3) is 2.91. The summed E-state index contributed by atoms with van der Waals surface area (Å²) in [6, 6.07) is 2.20. The predicted molar refractivity (Wildman–Crippen MR) is 82.1 cm³/mol. The normalized spacial score (nSPS) is 11.0. The summed E-state index contributed by atoms with van der Waals surface area (Å²) >= 11 is 6.32. The summed E-state index contributed by atoms with van der Waals surface area (Å²) in [6.45, 7) is 0.340. The number of rotatable bonds is 3. The molecular formula is C13H8Br2F2N4. The van der Waals surface area contributed by atoms with Gasteiger partial charge in [-0.2, -0.15) is 0 Å². The van der Waals surface area contributed by atoms with E-state index in [4.69, 9.17) is 0 Å². The van der Waals surface area contributed by atoms with Crippen molar-refractivity contribution in [2.45, 2.75) is 6.54 Å². The quantitative estimate of drug-likeness (QED) is 0.651. The number of fused-ring (bicyclic) bond motifs is 1. The van der Waals surface area contributed by atoms with E-state index < -0.39 is 11.6 Å². The van der Waals surface area contributed by atoms with E-state index in [9.17, 15) is 8.78 Å². The van der Waals surface area contributed by atoms with E-state index >= 15 is 0 Å². The fraction of sp³-hybridized carbons (Fsp3) is 0.0769. The number of nitrogens with zero attached hydrogens (tertiary/aromatic N) is 3. The average molecular weight is 418 g/mol. The number of nitrogens with one attached hydrogen (secondary N) is 1. The maximum atomic E-state index is 13.7. The minimum absolute atomic E-state index is 0.205. The Morgan fingerprint density at radius 1 is 1.10 bits per heavy atom. The summed E-state index contributed by atoms with van der Waals surface area (Å²) < 4.78 is 29.6. The highest BCUT2D eigenvalue weighted by Crippen LogP contribution is 2.24. The monoisotopic (exact) mass is 416 g/mol. The first-order valence-corrected chi connectivity index (χ1v) is 7.49. The maximum absolute atomic E-state index is 13.7. The predicted octanol–water partition coefficient (Wildman–Crippen LogP) is 4.14. The fourth-order valence-electron chi connectivity index (χ4n) is 1.89. The third-order valence-corrected chi connectivity index (χ3v) is 3.93. The number of hydrogen-bond acceptors (Lipinski definition) is 3. The van der Waals surface area contributed by atoms with Crippen LogP contribution in [-0.2, 0) is 6.54 Å². The molecule has 0 saturated heterocycles. The molecule has 0 saturated carbocycles. The van der Waals surface area contributed by atoms with E-state index in [1.165, 1.54) is 6.07 Å². The second-order valence-corrected chi connectivity index (χ2v) is 5.95. The number of benzene rings is 1. The zero-order chi connectivity index (χ0) is 15.0. The molecule has 0 fully saturated rings. The molecule has 2 aromatic heterocycles. The van der Waals surface area contributed by atoms with Crippen molar-refractivity contribution in [1.82, 2.24) is 14.4 Å². The van der Waals surface area contributed by atoms with Gasteiger partial charge in [0, 0.05) is 12.3 Å². The van der Waals surface area contributed by atoms with Crippen LogP contribution in [0.25, 0.3) is 5.65 Å². The summed E-state index contributed by atoms with van der Waals surface area (Å²) in [5.74, 6) is -1.28. The largest absolute Gasteiger partial charge is 0.377 e.